The third-order valence-corrected chi connectivity index (χ3v) is 2.08. The second-order valence-electron chi connectivity index (χ2n) is 3.26. The number of ether oxygens (including phenoxy) is 1. The average Bonchev–Trinajstić information content (AvgIpc) is 2.24. The minimum atomic E-state index is -0.633. The number of halogens is 1. The molecule has 1 aromatic carbocycles. The second kappa shape index (κ2) is 5.58. The summed E-state index contributed by atoms with van der Waals surface area (Å²) in [4.78, 5) is 11.7. The lowest BCUT2D eigenvalue weighted by Crippen LogP contribution is -2.31. The molecule has 1 aromatic rings. The van der Waals surface area contributed by atoms with Crippen LogP contribution in [0.3, 0.4) is 0 Å². The molecule has 0 saturated carbocycles. The van der Waals surface area contributed by atoms with Gasteiger partial charge in [-0.3, -0.25) is 4.79 Å². The fourth-order valence-electron chi connectivity index (χ4n) is 1.23. The standard InChI is InChI=1S/C11H14FNO2/c1-15-6-5-10(13)11(14)8-3-2-4-9(12)7-8/h2-4,7,10H,5-6,13H2,1H3. The van der Waals surface area contributed by atoms with E-state index >= 15 is 0 Å². The van der Waals surface area contributed by atoms with E-state index in [4.69, 9.17) is 10.5 Å². The monoisotopic (exact) mass is 211 g/mol. The van der Waals surface area contributed by atoms with E-state index in [-0.39, 0.29) is 5.78 Å². The van der Waals surface area contributed by atoms with E-state index in [0.29, 0.717) is 18.6 Å². The molecule has 0 fully saturated rings. The molecule has 0 aliphatic rings. The van der Waals surface area contributed by atoms with Gasteiger partial charge in [0.15, 0.2) is 5.78 Å². The van der Waals surface area contributed by atoms with Crippen molar-refractivity contribution in [1.29, 1.82) is 0 Å². The van der Waals surface area contributed by atoms with Crippen LogP contribution in [0.5, 0.6) is 0 Å². The van der Waals surface area contributed by atoms with Crippen LogP contribution >= 0.6 is 0 Å². The van der Waals surface area contributed by atoms with Gasteiger partial charge in [0.05, 0.1) is 6.04 Å². The summed E-state index contributed by atoms with van der Waals surface area (Å²) in [6, 6.07) is 4.89. The lowest BCUT2D eigenvalue weighted by Gasteiger charge is -2.09. The Labute approximate surface area is 88.0 Å². The summed E-state index contributed by atoms with van der Waals surface area (Å²) in [6.45, 7) is 0.419. The van der Waals surface area contributed by atoms with Crippen molar-refractivity contribution in [2.45, 2.75) is 12.5 Å². The number of rotatable bonds is 5. The van der Waals surface area contributed by atoms with Crippen LogP contribution in [-0.4, -0.2) is 25.5 Å². The number of carbonyl (C=O) groups excluding carboxylic acids is 1. The maximum Gasteiger partial charge on any atom is 0.179 e. The number of nitrogens with two attached hydrogens (primary N) is 1. The number of benzene rings is 1. The third kappa shape index (κ3) is 3.42. The fraction of sp³-hybridized carbons (Fsp3) is 0.364. The average molecular weight is 211 g/mol. The van der Waals surface area contributed by atoms with Gasteiger partial charge in [0.25, 0.3) is 0 Å². The highest BCUT2D eigenvalue weighted by Crippen LogP contribution is 2.07. The van der Waals surface area contributed by atoms with Gasteiger partial charge in [0.1, 0.15) is 5.82 Å². The number of Topliss-reactive ketones (excluding diaryl/α,β-unsaturated/α-hetero) is 1. The normalized spacial score (nSPS) is 12.5. The van der Waals surface area contributed by atoms with Crippen molar-refractivity contribution in [2.24, 2.45) is 5.73 Å². The van der Waals surface area contributed by atoms with Crippen LogP contribution in [0.25, 0.3) is 0 Å². The molecular weight excluding hydrogens is 197 g/mol. The molecule has 15 heavy (non-hydrogen) atoms. The lowest BCUT2D eigenvalue weighted by atomic mass is 10.0. The van der Waals surface area contributed by atoms with E-state index in [1.807, 2.05) is 0 Å². The zero-order chi connectivity index (χ0) is 11.3. The number of hydrogen-bond acceptors (Lipinski definition) is 3. The summed E-state index contributed by atoms with van der Waals surface area (Å²) in [6.07, 6.45) is 0.436. The number of carbonyl (C=O) groups is 1. The summed E-state index contributed by atoms with van der Waals surface area (Å²) >= 11 is 0. The lowest BCUT2D eigenvalue weighted by molar-refractivity contribution is 0.0935. The van der Waals surface area contributed by atoms with Crippen LogP contribution in [0.15, 0.2) is 24.3 Å². The third-order valence-electron chi connectivity index (χ3n) is 2.08. The summed E-state index contributed by atoms with van der Waals surface area (Å²) in [5.74, 6) is -0.689. The fourth-order valence-corrected chi connectivity index (χ4v) is 1.23. The van der Waals surface area contributed by atoms with Gasteiger partial charge >= 0.3 is 0 Å². The molecule has 0 aromatic heterocycles. The van der Waals surface area contributed by atoms with E-state index < -0.39 is 11.9 Å². The smallest absolute Gasteiger partial charge is 0.179 e. The van der Waals surface area contributed by atoms with Gasteiger partial charge in [-0.05, 0) is 18.6 Å². The number of methoxy groups -OCH3 is 1. The quantitative estimate of drug-likeness (QED) is 0.748. The van der Waals surface area contributed by atoms with Crippen molar-refractivity contribution in [2.75, 3.05) is 13.7 Å². The molecule has 2 N–H and O–H groups in total. The number of ketones is 1. The summed E-state index contributed by atoms with van der Waals surface area (Å²) in [7, 11) is 1.54. The van der Waals surface area contributed by atoms with Gasteiger partial charge in [-0.25, -0.2) is 4.39 Å². The molecule has 1 unspecified atom stereocenters. The largest absolute Gasteiger partial charge is 0.385 e. The second-order valence-corrected chi connectivity index (χ2v) is 3.26. The molecule has 4 heteroatoms. The minimum Gasteiger partial charge on any atom is -0.385 e. The number of hydrogen-bond donors (Lipinski definition) is 1. The van der Waals surface area contributed by atoms with Crippen molar-refractivity contribution in [3.05, 3.63) is 35.6 Å². The predicted molar refractivity (Wildman–Crippen MR) is 55.2 cm³/mol. The van der Waals surface area contributed by atoms with Gasteiger partial charge in [0, 0.05) is 19.3 Å². The molecule has 1 rings (SSSR count). The molecule has 0 radical (unpaired) electrons. The zero-order valence-corrected chi connectivity index (χ0v) is 8.57. The molecule has 0 bridgehead atoms. The molecule has 0 saturated heterocycles. The van der Waals surface area contributed by atoms with Crippen LogP contribution < -0.4 is 5.73 Å². The van der Waals surface area contributed by atoms with Gasteiger partial charge < -0.3 is 10.5 Å². The first-order chi connectivity index (χ1) is 7.15. The Hall–Kier alpha value is -1.26. The Morgan fingerprint density at radius 3 is 2.93 bits per heavy atom. The molecule has 1 atom stereocenters. The topological polar surface area (TPSA) is 52.3 Å². The van der Waals surface area contributed by atoms with Gasteiger partial charge in [0.2, 0.25) is 0 Å². The van der Waals surface area contributed by atoms with E-state index in [0.717, 1.165) is 0 Å². The Kier molecular flexibility index (Phi) is 4.39. The Bertz CT molecular complexity index is 341. The first-order valence-corrected chi connectivity index (χ1v) is 4.69. The summed E-state index contributed by atoms with van der Waals surface area (Å²) in [5, 5.41) is 0. The van der Waals surface area contributed by atoms with Gasteiger partial charge in [-0.2, -0.15) is 0 Å². The van der Waals surface area contributed by atoms with Gasteiger partial charge in [-0.1, -0.05) is 12.1 Å². The molecular formula is C11H14FNO2. The van der Waals surface area contributed by atoms with E-state index in [9.17, 15) is 9.18 Å². The van der Waals surface area contributed by atoms with Crippen LogP contribution in [0.1, 0.15) is 16.8 Å². The minimum absolute atomic E-state index is 0.258. The Balaban J connectivity index is 2.67. The first-order valence-electron chi connectivity index (χ1n) is 4.69. The molecule has 0 heterocycles. The molecule has 0 amide bonds. The highest BCUT2D eigenvalue weighted by atomic mass is 19.1. The molecule has 0 aliphatic carbocycles. The van der Waals surface area contributed by atoms with Crippen molar-refractivity contribution >= 4 is 5.78 Å². The Morgan fingerprint density at radius 1 is 1.60 bits per heavy atom. The maximum absolute atomic E-state index is 12.8. The van der Waals surface area contributed by atoms with E-state index in [1.165, 1.54) is 18.2 Å². The maximum atomic E-state index is 12.8. The first kappa shape index (κ1) is 11.8. The predicted octanol–water partition coefficient (Wildman–Crippen LogP) is 1.37. The van der Waals surface area contributed by atoms with Crippen molar-refractivity contribution in [3.63, 3.8) is 0 Å². The zero-order valence-electron chi connectivity index (χ0n) is 8.57. The molecule has 0 spiro atoms. The van der Waals surface area contributed by atoms with Crippen LogP contribution in [-0.2, 0) is 4.74 Å². The van der Waals surface area contributed by atoms with Gasteiger partial charge in [-0.15, -0.1) is 0 Å². The molecule has 0 aliphatic heterocycles. The van der Waals surface area contributed by atoms with Crippen LogP contribution in [0.2, 0.25) is 0 Å². The van der Waals surface area contributed by atoms with Crippen molar-refractivity contribution in [3.8, 4) is 0 Å². The highest BCUT2D eigenvalue weighted by Gasteiger charge is 2.15. The van der Waals surface area contributed by atoms with E-state index in [1.54, 1.807) is 13.2 Å². The van der Waals surface area contributed by atoms with Crippen LogP contribution in [0.4, 0.5) is 4.39 Å². The van der Waals surface area contributed by atoms with Crippen LogP contribution in [0, 0.1) is 5.82 Å². The Morgan fingerprint density at radius 2 is 2.33 bits per heavy atom. The van der Waals surface area contributed by atoms with E-state index in [2.05, 4.69) is 0 Å². The van der Waals surface area contributed by atoms with Crippen molar-refractivity contribution < 1.29 is 13.9 Å². The summed E-state index contributed by atoms with van der Waals surface area (Å²) in [5.41, 5.74) is 5.94. The molecule has 3 nitrogen and oxygen atoms in total. The summed E-state index contributed by atoms with van der Waals surface area (Å²) < 4.78 is 17.6. The SMILES string of the molecule is COCCC(N)C(=O)c1cccc(F)c1. The highest BCUT2D eigenvalue weighted by molar-refractivity contribution is 5.99. The van der Waals surface area contributed by atoms with Crippen molar-refractivity contribution in [1.82, 2.24) is 0 Å². The molecule has 82 valence electrons.